The van der Waals surface area contributed by atoms with E-state index in [1.54, 1.807) is 13.0 Å². The van der Waals surface area contributed by atoms with Crippen LogP contribution < -0.4 is 20.5 Å². The zero-order valence-electron chi connectivity index (χ0n) is 26.0. The van der Waals surface area contributed by atoms with Gasteiger partial charge in [-0.1, -0.05) is 46.4 Å². The Hall–Kier alpha value is -5.28. The molecule has 256 valence electrons. The first-order chi connectivity index (χ1) is 23.6. The summed E-state index contributed by atoms with van der Waals surface area (Å²) in [6.45, 7) is 4.54. The average molecular weight is 760 g/mol. The molecule has 2 N–H and O–H groups in total. The minimum atomic E-state index is -2.15. The van der Waals surface area contributed by atoms with Crippen LogP contribution in [0.4, 0.5) is 28.4 Å². The predicted molar refractivity (Wildman–Crippen MR) is 188 cm³/mol. The number of amides is 2. The maximum atomic E-state index is 13.9. The highest BCUT2D eigenvalue weighted by molar-refractivity contribution is 6.95. The molecule has 0 saturated heterocycles. The number of rotatable bonds is 12. The number of hydrogen-bond acceptors (Lipinski definition) is 12. The Balaban J connectivity index is 1.71. The van der Waals surface area contributed by atoms with Gasteiger partial charge in [-0.05, 0) is 67.9 Å². The second kappa shape index (κ2) is 15.5. The van der Waals surface area contributed by atoms with Gasteiger partial charge < -0.3 is 15.5 Å². The Bertz CT molecular complexity index is 2080. The molecule has 50 heavy (non-hydrogen) atoms. The number of Topliss-reactive ketones (excluding diaryl/α,β-unsaturated/α-hetero) is 5. The van der Waals surface area contributed by atoms with E-state index in [1.165, 1.54) is 30.3 Å². The number of nitrogens with one attached hydrogen (secondary N) is 2. The van der Waals surface area contributed by atoms with Crippen LogP contribution in [-0.2, 0) is 38.4 Å². The van der Waals surface area contributed by atoms with Crippen molar-refractivity contribution in [3.8, 4) is 0 Å². The van der Waals surface area contributed by atoms with Gasteiger partial charge in [0.25, 0.3) is 34.8 Å². The summed E-state index contributed by atoms with van der Waals surface area (Å²) in [7, 11) is 1.92. The zero-order chi connectivity index (χ0) is 37.0. The molecule has 0 aliphatic carbocycles. The Labute approximate surface area is 303 Å². The summed E-state index contributed by atoms with van der Waals surface area (Å²) < 4.78 is 0. The van der Waals surface area contributed by atoms with Crippen LogP contribution in [0.25, 0.3) is 0 Å². The number of halogens is 4. The van der Waals surface area contributed by atoms with Gasteiger partial charge in [-0.15, -0.1) is 5.10 Å². The minimum absolute atomic E-state index is 0.000925. The quantitative estimate of drug-likeness (QED) is 0.150. The van der Waals surface area contributed by atoms with Gasteiger partial charge in [-0.3, -0.25) is 38.4 Å². The van der Waals surface area contributed by atoms with Crippen LogP contribution in [-0.4, -0.2) is 72.2 Å². The molecule has 1 heterocycles. The van der Waals surface area contributed by atoms with Crippen LogP contribution in [0.2, 0.25) is 20.1 Å². The third-order valence-corrected chi connectivity index (χ3v) is 8.10. The lowest BCUT2D eigenvalue weighted by molar-refractivity contribution is -0.152. The highest BCUT2D eigenvalue weighted by Gasteiger charge is 2.37. The first-order valence-electron chi connectivity index (χ1n) is 14.1. The summed E-state index contributed by atoms with van der Waals surface area (Å²) in [6.07, 6.45) is -0.514. The van der Waals surface area contributed by atoms with E-state index in [2.05, 4.69) is 20.7 Å². The molecule has 0 unspecified atom stereocenters. The van der Waals surface area contributed by atoms with Crippen LogP contribution in [0.5, 0.6) is 0 Å². The molecule has 0 fully saturated rings. The Morgan fingerprint density at radius 1 is 0.880 bits per heavy atom. The molecule has 2 amide bonds. The van der Waals surface area contributed by atoms with Gasteiger partial charge in [0.15, 0.2) is 17.8 Å². The number of aldehydes is 1. The summed E-state index contributed by atoms with van der Waals surface area (Å²) in [5.41, 5.74) is 1.72. The lowest BCUT2D eigenvalue weighted by Gasteiger charge is -2.18. The van der Waals surface area contributed by atoms with Crippen molar-refractivity contribution < 1.29 is 38.4 Å². The minimum Gasteiger partial charge on any atom is -0.375 e. The third kappa shape index (κ3) is 7.95. The number of anilines is 4. The largest absolute Gasteiger partial charge is 0.375 e. The number of benzene rings is 3. The average Bonchev–Trinajstić information content (AvgIpc) is 3.37. The van der Waals surface area contributed by atoms with Crippen molar-refractivity contribution in [3.05, 3.63) is 74.2 Å². The fraction of sp³-hybridized carbons (Fsp3) is 0.125. The van der Waals surface area contributed by atoms with E-state index in [-0.39, 0.29) is 48.7 Å². The maximum Gasteiger partial charge on any atom is 0.301 e. The van der Waals surface area contributed by atoms with Crippen LogP contribution >= 0.6 is 46.4 Å². The SMILES string of the molecule is CCN(C)c1ccc(/N=C2\C(=O)N(c3c(Cl)cc(Cl)cc3Cl)N=C2Nc2cc(NC(=O)C(=O)C(=O)C(=O)C(=O)C(=O)C=O)ccc2Cl)c(C)c1. The number of hydrogen-bond donors (Lipinski definition) is 2. The number of carbonyl (C=O) groups is 8. The molecule has 1 aliphatic rings. The highest BCUT2D eigenvalue weighted by Crippen LogP contribution is 2.39. The molecule has 0 saturated carbocycles. The van der Waals surface area contributed by atoms with Crippen molar-refractivity contribution >= 4 is 133 Å². The Morgan fingerprint density at radius 2 is 1.52 bits per heavy atom. The van der Waals surface area contributed by atoms with Gasteiger partial charge in [0.05, 0.1) is 26.4 Å². The summed E-state index contributed by atoms with van der Waals surface area (Å²) in [5, 5.41) is 10.4. The molecule has 4 rings (SSSR count). The van der Waals surface area contributed by atoms with Crippen molar-refractivity contribution in [3.63, 3.8) is 0 Å². The van der Waals surface area contributed by atoms with Gasteiger partial charge in [-0.25, -0.2) is 4.99 Å². The lowest BCUT2D eigenvalue weighted by Crippen LogP contribution is -2.40. The Morgan fingerprint density at radius 3 is 2.12 bits per heavy atom. The van der Waals surface area contributed by atoms with Crippen molar-refractivity contribution in [2.45, 2.75) is 13.8 Å². The Kier molecular flexibility index (Phi) is 11.6. The number of amidine groups is 1. The van der Waals surface area contributed by atoms with E-state index in [0.717, 1.165) is 22.8 Å². The van der Waals surface area contributed by atoms with Crippen LogP contribution in [0.15, 0.2) is 58.6 Å². The zero-order valence-corrected chi connectivity index (χ0v) is 29.0. The molecular formula is C32H22Cl4N6O8. The summed E-state index contributed by atoms with van der Waals surface area (Å²) >= 11 is 25.3. The molecule has 1 aliphatic heterocycles. The fourth-order valence-corrected chi connectivity index (χ4v) is 5.40. The monoisotopic (exact) mass is 758 g/mol. The number of nitrogens with zero attached hydrogens (tertiary/aromatic N) is 4. The molecule has 3 aromatic carbocycles. The van der Waals surface area contributed by atoms with Gasteiger partial charge in [0.1, 0.15) is 5.69 Å². The van der Waals surface area contributed by atoms with E-state index in [9.17, 15) is 38.4 Å². The molecule has 0 atom stereocenters. The number of carbonyl (C=O) groups excluding carboxylic acids is 8. The van der Waals surface area contributed by atoms with Gasteiger partial charge in [-0.2, -0.15) is 5.01 Å². The van der Waals surface area contributed by atoms with E-state index < -0.39 is 47.0 Å². The summed E-state index contributed by atoms with van der Waals surface area (Å²) in [5.74, 6) is -12.7. The number of ketones is 5. The van der Waals surface area contributed by atoms with Gasteiger partial charge in [0, 0.05) is 30.0 Å². The molecule has 0 bridgehead atoms. The number of hydrazone groups is 1. The number of aliphatic imine (C=N–C) groups is 1. The highest BCUT2D eigenvalue weighted by atomic mass is 35.5. The molecule has 0 aromatic heterocycles. The second-order valence-corrected chi connectivity index (χ2v) is 12.0. The van der Waals surface area contributed by atoms with Crippen molar-refractivity contribution in [1.29, 1.82) is 0 Å². The lowest BCUT2D eigenvalue weighted by atomic mass is 10.1. The van der Waals surface area contributed by atoms with E-state index in [0.29, 0.717) is 5.69 Å². The van der Waals surface area contributed by atoms with Gasteiger partial charge >= 0.3 is 5.91 Å². The molecule has 3 aromatic rings. The maximum absolute atomic E-state index is 13.9. The smallest absolute Gasteiger partial charge is 0.301 e. The van der Waals surface area contributed by atoms with E-state index in [4.69, 9.17) is 46.4 Å². The van der Waals surface area contributed by atoms with E-state index >= 15 is 0 Å². The number of aryl methyl sites for hydroxylation is 1. The first kappa shape index (κ1) is 37.5. The molecule has 0 spiro atoms. The van der Waals surface area contributed by atoms with Crippen LogP contribution in [0.1, 0.15) is 12.5 Å². The van der Waals surface area contributed by atoms with Crippen molar-refractivity contribution in [2.24, 2.45) is 10.1 Å². The predicted octanol–water partition coefficient (Wildman–Crippen LogP) is 4.59. The normalized spacial score (nSPS) is 13.1. The standard InChI is InChI=1S/C32H22Cl4N6O8/c1-4-41(3)17-6-8-21(14(2)9-17)38-24-30(40-42(32(24)50)25-19(35)10-15(33)11-20(25)36)39-22-12-16(5-7-18(22)34)37-31(49)29(48)28(47)27(46)26(45)23(44)13-43/h5-13H,4H2,1-3H3,(H,37,49)(H,39,40)/b38-24-. The van der Waals surface area contributed by atoms with Gasteiger partial charge in [0.2, 0.25) is 0 Å². The first-order valence-corrected chi connectivity index (χ1v) is 15.6. The van der Waals surface area contributed by atoms with Crippen LogP contribution in [0.3, 0.4) is 0 Å². The van der Waals surface area contributed by atoms with Crippen LogP contribution in [0, 0.1) is 6.92 Å². The van der Waals surface area contributed by atoms with Crippen molar-refractivity contribution in [2.75, 3.05) is 34.1 Å². The van der Waals surface area contributed by atoms with E-state index in [1.807, 2.05) is 31.0 Å². The summed E-state index contributed by atoms with van der Waals surface area (Å²) in [4.78, 5) is 102. The third-order valence-electron chi connectivity index (χ3n) is 6.97. The summed E-state index contributed by atoms with van der Waals surface area (Å²) in [6, 6.07) is 11.8. The second-order valence-electron chi connectivity index (χ2n) is 10.3. The fourth-order valence-electron chi connectivity index (χ4n) is 4.26. The molecule has 18 heteroatoms. The molecule has 0 radical (unpaired) electrons. The van der Waals surface area contributed by atoms with Crippen molar-refractivity contribution in [1.82, 2.24) is 0 Å². The topological polar surface area (TPSA) is 192 Å². The molecule has 14 nitrogen and oxygen atoms in total. The molecular weight excluding hydrogens is 738 g/mol.